The number of aryl methyl sites for hydroxylation is 2. The van der Waals surface area contributed by atoms with Crippen LogP contribution in [0.4, 0.5) is 5.69 Å². The smallest absolute Gasteiger partial charge is 0.261 e. The molecule has 3 aromatic rings. The maximum Gasteiger partial charge on any atom is 0.261 e. The molecule has 0 saturated heterocycles. The first-order valence-electron chi connectivity index (χ1n) is 11.0. The van der Waals surface area contributed by atoms with E-state index in [1.165, 1.54) is 24.3 Å². The summed E-state index contributed by atoms with van der Waals surface area (Å²) in [6.45, 7) is 5.51. The molecule has 3 aromatic carbocycles. The number of nitrogens with one attached hydrogen (secondary N) is 2. The van der Waals surface area contributed by atoms with E-state index in [-0.39, 0.29) is 23.5 Å². The van der Waals surface area contributed by atoms with Crippen molar-refractivity contribution < 1.29 is 27.4 Å². The minimum atomic E-state index is -3.75. The van der Waals surface area contributed by atoms with Crippen molar-refractivity contribution in [3.05, 3.63) is 77.4 Å². The van der Waals surface area contributed by atoms with Crippen molar-refractivity contribution in [2.75, 3.05) is 25.5 Å². The van der Waals surface area contributed by atoms with E-state index in [9.17, 15) is 13.2 Å². The third-order valence-corrected chi connectivity index (χ3v) is 6.95. The Kier molecular flexibility index (Phi) is 8.24. The lowest BCUT2D eigenvalue weighted by molar-refractivity contribution is -0.123. The third-order valence-electron chi connectivity index (χ3n) is 5.55. The molecule has 0 spiro atoms. The number of sulfonamides is 1. The van der Waals surface area contributed by atoms with Crippen LogP contribution in [0.1, 0.15) is 29.7 Å². The van der Waals surface area contributed by atoms with E-state index in [0.717, 1.165) is 16.7 Å². The number of hydrogen-bond acceptors (Lipinski definition) is 6. The van der Waals surface area contributed by atoms with Crippen molar-refractivity contribution in [2.24, 2.45) is 0 Å². The molecule has 8 nitrogen and oxygen atoms in total. The van der Waals surface area contributed by atoms with Crippen LogP contribution in [0.3, 0.4) is 0 Å². The molecule has 0 aromatic heterocycles. The van der Waals surface area contributed by atoms with Crippen LogP contribution in [-0.4, -0.2) is 35.2 Å². The molecule has 2 N–H and O–H groups in total. The molecule has 3 rings (SSSR count). The van der Waals surface area contributed by atoms with E-state index in [0.29, 0.717) is 22.9 Å². The number of carbonyl (C=O) groups excluding carboxylic acids is 1. The molecule has 35 heavy (non-hydrogen) atoms. The molecule has 0 aliphatic heterocycles. The Balaban J connectivity index is 1.56. The fourth-order valence-electron chi connectivity index (χ4n) is 3.37. The number of hydrogen-bond donors (Lipinski definition) is 2. The highest BCUT2D eigenvalue weighted by Crippen LogP contribution is 2.30. The Hall–Kier alpha value is -3.72. The summed E-state index contributed by atoms with van der Waals surface area (Å²) in [5.41, 5.74) is 3.42. The van der Waals surface area contributed by atoms with Gasteiger partial charge in [0.15, 0.2) is 18.1 Å². The quantitative estimate of drug-likeness (QED) is 0.430. The van der Waals surface area contributed by atoms with Crippen LogP contribution < -0.4 is 24.2 Å². The molecule has 9 heteroatoms. The Morgan fingerprint density at radius 3 is 2.20 bits per heavy atom. The lowest BCUT2D eigenvalue weighted by Gasteiger charge is -2.17. The highest BCUT2D eigenvalue weighted by atomic mass is 32.2. The Morgan fingerprint density at radius 2 is 1.57 bits per heavy atom. The molecule has 186 valence electrons. The van der Waals surface area contributed by atoms with E-state index in [1.54, 1.807) is 38.5 Å². The molecule has 1 atom stereocenters. The van der Waals surface area contributed by atoms with Crippen LogP contribution in [0.15, 0.2) is 65.6 Å². The largest absolute Gasteiger partial charge is 0.493 e. The van der Waals surface area contributed by atoms with Gasteiger partial charge in [-0.3, -0.25) is 9.52 Å². The Bertz CT molecular complexity index is 1290. The maximum atomic E-state index is 12.7. The Labute approximate surface area is 206 Å². The summed E-state index contributed by atoms with van der Waals surface area (Å²) < 4.78 is 44.0. The van der Waals surface area contributed by atoms with Gasteiger partial charge >= 0.3 is 0 Å². The lowest BCUT2D eigenvalue weighted by Crippen LogP contribution is -2.31. The summed E-state index contributed by atoms with van der Waals surface area (Å²) >= 11 is 0. The normalized spacial score (nSPS) is 11.9. The number of benzene rings is 3. The van der Waals surface area contributed by atoms with Gasteiger partial charge in [0.1, 0.15) is 5.75 Å². The fourth-order valence-corrected chi connectivity index (χ4v) is 4.42. The number of anilines is 1. The molecule has 0 fully saturated rings. The van der Waals surface area contributed by atoms with Gasteiger partial charge in [0.25, 0.3) is 15.9 Å². The van der Waals surface area contributed by atoms with Crippen molar-refractivity contribution in [3.63, 3.8) is 0 Å². The first-order valence-corrected chi connectivity index (χ1v) is 12.5. The standard InChI is InChI=1S/C26H30N2O6S/c1-17-6-8-21(14-18(17)2)28-35(30,31)23-11-9-22(10-12-23)34-16-26(29)27-19(3)20-7-13-24(32-4)25(15-20)33-5/h6-15,19,28H,16H2,1-5H3,(H,27,29). The first-order chi connectivity index (χ1) is 16.6. The molecule has 0 radical (unpaired) electrons. The van der Waals surface area contributed by atoms with Crippen LogP contribution in [-0.2, 0) is 14.8 Å². The van der Waals surface area contributed by atoms with Crippen LogP contribution in [0.2, 0.25) is 0 Å². The number of carbonyl (C=O) groups is 1. The van der Waals surface area contributed by atoms with Gasteiger partial charge in [-0.2, -0.15) is 0 Å². The fraction of sp³-hybridized carbons (Fsp3) is 0.269. The van der Waals surface area contributed by atoms with Crippen LogP contribution in [0.25, 0.3) is 0 Å². The first kappa shape index (κ1) is 25.9. The maximum absolute atomic E-state index is 12.7. The van der Waals surface area contributed by atoms with Crippen molar-refractivity contribution in [1.29, 1.82) is 0 Å². The molecule has 0 bridgehead atoms. The van der Waals surface area contributed by atoms with Gasteiger partial charge in [0.2, 0.25) is 0 Å². The van der Waals surface area contributed by atoms with Crippen molar-refractivity contribution in [1.82, 2.24) is 5.32 Å². The predicted octanol–water partition coefficient (Wildman–Crippen LogP) is 4.38. The van der Waals surface area contributed by atoms with E-state index < -0.39 is 10.0 Å². The monoisotopic (exact) mass is 498 g/mol. The zero-order chi connectivity index (χ0) is 25.6. The number of methoxy groups -OCH3 is 2. The molecular formula is C26H30N2O6S. The SMILES string of the molecule is COc1ccc(C(C)NC(=O)COc2ccc(S(=O)(=O)Nc3ccc(C)c(C)c3)cc2)cc1OC. The average molecular weight is 499 g/mol. The van der Waals surface area contributed by atoms with Crippen LogP contribution >= 0.6 is 0 Å². The zero-order valence-electron chi connectivity index (χ0n) is 20.4. The third kappa shape index (κ3) is 6.66. The molecule has 1 amide bonds. The van der Waals surface area contributed by atoms with Gasteiger partial charge in [-0.05, 0) is 86.0 Å². The summed E-state index contributed by atoms with van der Waals surface area (Å²) in [7, 11) is -0.643. The predicted molar refractivity (Wildman–Crippen MR) is 135 cm³/mol. The molecule has 0 heterocycles. The topological polar surface area (TPSA) is 103 Å². The van der Waals surface area contributed by atoms with E-state index >= 15 is 0 Å². The molecular weight excluding hydrogens is 468 g/mol. The summed E-state index contributed by atoms with van der Waals surface area (Å²) in [5, 5.41) is 2.86. The minimum Gasteiger partial charge on any atom is -0.493 e. The highest BCUT2D eigenvalue weighted by Gasteiger charge is 2.16. The molecule has 0 saturated carbocycles. The van der Waals surface area contributed by atoms with Gasteiger partial charge in [0, 0.05) is 5.69 Å². The second-order valence-corrected chi connectivity index (χ2v) is 9.75. The summed E-state index contributed by atoms with van der Waals surface area (Å²) in [6.07, 6.45) is 0. The van der Waals surface area contributed by atoms with Crippen LogP contribution in [0, 0.1) is 13.8 Å². The highest BCUT2D eigenvalue weighted by molar-refractivity contribution is 7.92. The van der Waals surface area contributed by atoms with Crippen molar-refractivity contribution in [3.8, 4) is 17.2 Å². The zero-order valence-corrected chi connectivity index (χ0v) is 21.2. The van der Waals surface area contributed by atoms with Crippen molar-refractivity contribution in [2.45, 2.75) is 31.7 Å². The van der Waals surface area contributed by atoms with Gasteiger partial charge in [-0.15, -0.1) is 0 Å². The molecule has 1 unspecified atom stereocenters. The average Bonchev–Trinajstić information content (AvgIpc) is 2.84. The summed E-state index contributed by atoms with van der Waals surface area (Å²) in [4.78, 5) is 12.5. The molecule has 0 aliphatic carbocycles. The lowest BCUT2D eigenvalue weighted by atomic mass is 10.1. The number of ether oxygens (including phenoxy) is 3. The number of rotatable bonds is 10. The Morgan fingerprint density at radius 1 is 0.886 bits per heavy atom. The van der Waals surface area contributed by atoms with E-state index in [4.69, 9.17) is 14.2 Å². The summed E-state index contributed by atoms with van der Waals surface area (Å²) in [5.74, 6) is 1.24. The second kappa shape index (κ2) is 11.1. The second-order valence-electron chi connectivity index (χ2n) is 8.07. The van der Waals surface area contributed by atoms with Crippen molar-refractivity contribution >= 4 is 21.6 Å². The van der Waals surface area contributed by atoms with E-state index in [1.807, 2.05) is 32.9 Å². The van der Waals surface area contributed by atoms with Gasteiger partial charge < -0.3 is 19.5 Å². The van der Waals surface area contributed by atoms with E-state index in [2.05, 4.69) is 10.0 Å². The molecule has 0 aliphatic rings. The van der Waals surface area contributed by atoms with Gasteiger partial charge in [0.05, 0.1) is 25.2 Å². The van der Waals surface area contributed by atoms with Crippen LogP contribution in [0.5, 0.6) is 17.2 Å². The summed E-state index contributed by atoms with van der Waals surface area (Å²) in [6, 6.07) is 16.4. The van der Waals surface area contributed by atoms with Gasteiger partial charge in [-0.1, -0.05) is 12.1 Å². The minimum absolute atomic E-state index is 0.0922. The number of amides is 1. The van der Waals surface area contributed by atoms with Gasteiger partial charge in [-0.25, -0.2) is 8.42 Å².